The maximum Gasteiger partial charge on any atom is 0.0535 e. The predicted octanol–water partition coefficient (Wildman–Crippen LogP) is 2.92. The van der Waals surface area contributed by atoms with E-state index in [1.807, 2.05) is 0 Å². The fraction of sp³-hybridized carbons (Fsp3) is 1.00. The lowest BCUT2D eigenvalue weighted by Gasteiger charge is -2.33. The third-order valence-corrected chi connectivity index (χ3v) is 4.42. The third-order valence-electron chi connectivity index (χ3n) is 4.42. The number of hydrogen-bond acceptors (Lipinski definition) is 2. The molecule has 0 radical (unpaired) electrons. The van der Waals surface area contributed by atoms with Crippen LogP contribution in [0.15, 0.2) is 0 Å². The van der Waals surface area contributed by atoms with Crippen molar-refractivity contribution in [2.45, 2.75) is 59.0 Å². The fourth-order valence-electron chi connectivity index (χ4n) is 3.51. The lowest BCUT2D eigenvalue weighted by Crippen LogP contribution is -2.40. The van der Waals surface area contributed by atoms with Gasteiger partial charge in [0, 0.05) is 30.7 Å². The van der Waals surface area contributed by atoms with Gasteiger partial charge in [-0.1, -0.05) is 13.8 Å². The van der Waals surface area contributed by atoms with Crippen LogP contribution in [0.5, 0.6) is 0 Å². The monoisotopic (exact) mass is 225 g/mol. The fourth-order valence-corrected chi connectivity index (χ4v) is 3.51. The van der Waals surface area contributed by atoms with Gasteiger partial charge in [-0.2, -0.15) is 0 Å². The molecule has 2 saturated heterocycles. The van der Waals surface area contributed by atoms with E-state index in [-0.39, 0.29) is 0 Å². The van der Waals surface area contributed by atoms with E-state index < -0.39 is 0 Å². The maximum atomic E-state index is 5.74. The lowest BCUT2D eigenvalue weighted by atomic mass is 9.79. The molecule has 2 nitrogen and oxygen atoms in total. The minimum atomic E-state index is 0.484. The Morgan fingerprint density at radius 2 is 2.00 bits per heavy atom. The van der Waals surface area contributed by atoms with E-state index in [0.717, 1.165) is 25.2 Å². The zero-order valence-electron chi connectivity index (χ0n) is 11.3. The van der Waals surface area contributed by atoms with Crippen molar-refractivity contribution in [3.8, 4) is 0 Å². The van der Waals surface area contributed by atoms with Gasteiger partial charge in [-0.15, -0.1) is 0 Å². The minimum absolute atomic E-state index is 0.484. The predicted molar refractivity (Wildman–Crippen MR) is 67.6 cm³/mol. The highest BCUT2D eigenvalue weighted by Crippen LogP contribution is 2.43. The molecule has 2 fully saturated rings. The number of rotatable bonds is 2. The van der Waals surface area contributed by atoms with Crippen LogP contribution in [0.3, 0.4) is 0 Å². The van der Waals surface area contributed by atoms with Gasteiger partial charge in [0.05, 0.1) is 6.61 Å². The van der Waals surface area contributed by atoms with Crippen LogP contribution in [0.4, 0.5) is 0 Å². The molecule has 2 rings (SSSR count). The molecule has 1 unspecified atom stereocenters. The molecule has 0 aromatic heterocycles. The Bertz CT molecular complexity index is 213. The SMILES string of the molecule is CC(C)C1C[C@]2(CCCOC2)CN1C(C)C. The van der Waals surface area contributed by atoms with Crippen molar-refractivity contribution in [1.82, 2.24) is 4.90 Å². The van der Waals surface area contributed by atoms with E-state index in [4.69, 9.17) is 4.74 Å². The van der Waals surface area contributed by atoms with E-state index in [9.17, 15) is 0 Å². The third kappa shape index (κ3) is 2.28. The highest BCUT2D eigenvalue weighted by Gasteiger charge is 2.46. The van der Waals surface area contributed by atoms with Gasteiger partial charge in [0.2, 0.25) is 0 Å². The highest BCUT2D eigenvalue weighted by atomic mass is 16.5. The topological polar surface area (TPSA) is 12.5 Å². The Morgan fingerprint density at radius 1 is 1.25 bits per heavy atom. The van der Waals surface area contributed by atoms with Gasteiger partial charge >= 0.3 is 0 Å². The summed E-state index contributed by atoms with van der Waals surface area (Å²) in [5, 5.41) is 0. The molecule has 0 aliphatic carbocycles. The van der Waals surface area contributed by atoms with Crippen LogP contribution in [0, 0.1) is 11.3 Å². The average Bonchev–Trinajstić information content (AvgIpc) is 2.59. The molecule has 2 aliphatic rings. The van der Waals surface area contributed by atoms with E-state index >= 15 is 0 Å². The lowest BCUT2D eigenvalue weighted by molar-refractivity contribution is -0.00358. The summed E-state index contributed by atoms with van der Waals surface area (Å²) in [5.74, 6) is 0.767. The van der Waals surface area contributed by atoms with Crippen LogP contribution in [0.1, 0.15) is 47.0 Å². The number of ether oxygens (including phenoxy) is 1. The normalized spacial score (nSPS) is 36.8. The Morgan fingerprint density at radius 3 is 2.44 bits per heavy atom. The summed E-state index contributed by atoms with van der Waals surface area (Å²) in [5.41, 5.74) is 0.484. The van der Waals surface area contributed by atoms with E-state index in [0.29, 0.717) is 11.5 Å². The van der Waals surface area contributed by atoms with Gasteiger partial charge in [-0.25, -0.2) is 0 Å². The molecule has 2 atom stereocenters. The Balaban J connectivity index is 2.10. The van der Waals surface area contributed by atoms with Crippen LogP contribution in [-0.2, 0) is 4.74 Å². The van der Waals surface area contributed by atoms with Crippen molar-refractivity contribution in [3.05, 3.63) is 0 Å². The quantitative estimate of drug-likeness (QED) is 0.716. The molecule has 0 N–H and O–H groups in total. The summed E-state index contributed by atoms with van der Waals surface area (Å²) in [4.78, 5) is 2.71. The molecular formula is C14H27NO. The van der Waals surface area contributed by atoms with Gasteiger partial charge < -0.3 is 4.74 Å². The summed E-state index contributed by atoms with van der Waals surface area (Å²) in [6.45, 7) is 12.6. The Hall–Kier alpha value is -0.0800. The Labute approximate surface area is 100 Å². The molecule has 2 heteroatoms. The van der Waals surface area contributed by atoms with Crippen LogP contribution < -0.4 is 0 Å². The van der Waals surface area contributed by atoms with Crippen molar-refractivity contribution in [2.75, 3.05) is 19.8 Å². The van der Waals surface area contributed by atoms with Gasteiger partial charge in [0.15, 0.2) is 0 Å². The molecule has 0 saturated carbocycles. The minimum Gasteiger partial charge on any atom is -0.381 e. The van der Waals surface area contributed by atoms with E-state index in [1.165, 1.54) is 25.8 Å². The largest absolute Gasteiger partial charge is 0.381 e. The summed E-state index contributed by atoms with van der Waals surface area (Å²) < 4.78 is 5.74. The van der Waals surface area contributed by atoms with Crippen molar-refractivity contribution >= 4 is 0 Å². The van der Waals surface area contributed by atoms with Gasteiger partial charge in [0.1, 0.15) is 0 Å². The standard InChI is InChI=1S/C14H27NO/c1-11(2)13-8-14(6-5-7-16-10-14)9-15(13)12(3)4/h11-13H,5-10H2,1-4H3/t13?,14-/m1/s1. The van der Waals surface area contributed by atoms with E-state index in [1.54, 1.807) is 0 Å². The second-order valence-corrected chi connectivity index (χ2v) is 6.44. The Kier molecular flexibility index (Phi) is 3.60. The molecule has 0 amide bonds. The smallest absolute Gasteiger partial charge is 0.0535 e. The number of hydrogen-bond donors (Lipinski definition) is 0. The number of likely N-dealkylation sites (tertiary alicyclic amines) is 1. The van der Waals surface area contributed by atoms with Crippen molar-refractivity contribution < 1.29 is 4.74 Å². The first-order valence-electron chi connectivity index (χ1n) is 6.88. The first kappa shape index (κ1) is 12.4. The number of nitrogens with zero attached hydrogens (tertiary/aromatic N) is 1. The first-order valence-corrected chi connectivity index (χ1v) is 6.88. The van der Waals surface area contributed by atoms with Crippen molar-refractivity contribution in [2.24, 2.45) is 11.3 Å². The highest BCUT2D eigenvalue weighted by molar-refractivity contribution is 4.98. The van der Waals surface area contributed by atoms with Gasteiger partial charge in [-0.3, -0.25) is 4.90 Å². The van der Waals surface area contributed by atoms with Gasteiger partial charge in [-0.05, 0) is 39.0 Å². The molecule has 94 valence electrons. The average molecular weight is 225 g/mol. The summed E-state index contributed by atoms with van der Waals surface area (Å²) in [7, 11) is 0. The molecule has 0 aromatic rings. The molecular weight excluding hydrogens is 198 g/mol. The summed E-state index contributed by atoms with van der Waals surface area (Å²) in [6, 6.07) is 1.44. The molecule has 1 spiro atoms. The van der Waals surface area contributed by atoms with E-state index in [2.05, 4.69) is 32.6 Å². The van der Waals surface area contributed by atoms with Crippen molar-refractivity contribution in [3.63, 3.8) is 0 Å². The second-order valence-electron chi connectivity index (χ2n) is 6.44. The van der Waals surface area contributed by atoms with Crippen LogP contribution in [-0.4, -0.2) is 36.7 Å². The molecule has 0 bridgehead atoms. The van der Waals surface area contributed by atoms with Crippen LogP contribution in [0.25, 0.3) is 0 Å². The van der Waals surface area contributed by atoms with Crippen LogP contribution >= 0.6 is 0 Å². The first-order chi connectivity index (χ1) is 7.54. The van der Waals surface area contributed by atoms with Crippen molar-refractivity contribution in [1.29, 1.82) is 0 Å². The second kappa shape index (κ2) is 4.66. The van der Waals surface area contributed by atoms with Gasteiger partial charge in [0.25, 0.3) is 0 Å². The summed E-state index contributed by atoms with van der Waals surface area (Å²) >= 11 is 0. The zero-order valence-corrected chi connectivity index (χ0v) is 11.3. The zero-order chi connectivity index (χ0) is 11.8. The molecule has 0 aromatic carbocycles. The molecule has 16 heavy (non-hydrogen) atoms. The molecule has 2 heterocycles. The summed E-state index contributed by atoms with van der Waals surface area (Å²) in [6.07, 6.45) is 3.99. The van der Waals surface area contributed by atoms with Crippen LogP contribution in [0.2, 0.25) is 0 Å². The molecule has 2 aliphatic heterocycles. The maximum absolute atomic E-state index is 5.74.